The molecular weight excluding hydrogens is 244 g/mol. The molecule has 0 radical (unpaired) electrons. The number of nitrogens with two attached hydrogens (primary N) is 1. The van der Waals surface area contributed by atoms with Gasteiger partial charge in [-0.3, -0.25) is 5.32 Å². The number of amides is 1. The molecule has 3 N–H and O–H groups in total. The Bertz CT molecular complexity index is 450. The van der Waals surface area contributed by atoms with Crippen LogP contribution in [0.2, 0.25) is 0 Å². The predicted octanol–water partition coefficient (Wildman–Crippen LogP) is 3.40. The highest BCUT2D eigenvalue weighted by Crippen LogP contribution is 2.26. The number of nitrogen functional groups attached to an aromatic ring is 1. The van der Waals surface area contributed by atoms with Gasteiger partial charge in [0.05, 0.1) is 11.8 Å². The summed E-state index contributed by atoms with van der Waals surface area (Å²) in [5.74, 6) is 0.545. The predicted molar refractivity (Wildman–Crippen MR) is 76.5 cm³/mol. The topological polar surface area (TPSA) is 73.6 Å². The molecule has 19 heavy (non-hydrogen) atoms. The standard InChI is InChI=1S/C14H22N2O3/c1-9(2)18-12-8-10(6-7-11(12)15)16-13(17)19-14(3,4)5/h6-9H,15H2,1-5H3,(H,16,17). The zero-order chi connectivity index (χ0) is 14.6. The van der Waals surface area contributed by atoms with E-state index in [1.54, 1.807) is 18.2 Å². The van der Waals surface area contributed by atoms with Crippen LogP contribution in [0.1, 0.15) is 34.6 Å². The number of carbonyl (C=O) groups excluding carboxylic acids is 1. The van der Waals surface area contributed by atoms with Gasteiger partial charge in [-0.15, -0.1) is 0 Å². The summed E-state index contributed by atoms with van der Waals surface area (Å²) in [5, 5.41) is 2.64. The molecule has 0 fully saturated rings. The number of benzene rings is 1. The van der Waals surface area contributed by atoms with Gasteiger partial charge in [0.2, 0.25) is 0 Å². The Labute approximate surface area is 114 Å². The maximum Gasteiger partial charge on any atom is 0.412 e. The zero-order valence-electron chi connectivity index (χ0n) is 12.1. The molecule has 5 nitrogen and oxygen atoms in total. The van der Waals surface area contributed by atoms with Crippen LogP contribution >= 0.6 is 0 Å². The molecule has 0 spiro atoms. The lowest BCUT2D eigenvalue weighted by Crippen LogP contribution is -2.27. The fourth-order valence-corrected chi connectivity index (χ4v) is 1.39. The number of hydrogen-bond donors (Lipinski definition) is 2. The Kier molecular flexibility index (Phi) is 4.64. The van der Waals surface area contributed by atoms with Gasteiger partial charge in [-0.25, -0.2) is 4.79 Å². The molecule has 1 aromatic rings. The van der Waals surface area contributed by atoms with Gasteiger partial charge in [0.1, 0.15) is 11.4 Å². The monoisotopic (exact) mass is 266 g/mol. The third kappa shape index (κ3) is 5.50. The minimum Gasteiger partial charge on any atom is -0.489 e. The second kappa shape index (κ2) is 5.82. The molecule has 1 rings (SSSR count). The minimum absolute atomic E-state index is 0.0130. The van der Waals surface area contributed by atoms with Gasteiger partial charge in [0.25, 0.3) is 0 Å². The molecule has 0 unspecified atom stereocenters. The van der Waals surface area contributed by atoms with E-state index in [0.717, 1.165) is 0 Å². The van der Waals surface area contributed by atoms with Crippen molar-refractivity contribution >= 4 is 17.5 Å². The second-order valence-electron chi connectivity index (χ2n) is 5.55. The highest BCUT2D eigenvalue weighted by Gasteiger charge is 2.16. The van der Waals surface area contributed by atoms with Crippen LogP contribution < -0.4 is 15.8 Å². The largest absolute Gasteiger partial charge is 0.489 e. The third-order valence-corrected chi connectivity index (χ3v) is 2.02. The summed E-state index contributed by atoms with van der Waals surface area (Å²) in [7, 11) is 0. The summed E-state index contributed by atoms with van der Waals surface area (Å²) in [6, 6.07) is 5.07. The van der Waals surface area contributed by atoms with Crippen molar-refractivity contribution in [3.05, 3.63) is 18.2 Å². The number of ether oxygens (including phenoxy) is 2. The van der Waals surface area contributed by atoms with E-state index in [0.29, 0.717) is 17.1 Å². The normalized spacial score (nSPS) is 11.3. The Morgan fingerprint density at radius 2 is 1.95 bits per heavy atom. The van der Waals surface area contributed by atoms with Gasteiger partial charge < -0.3 is 15.2 Å². The molecule has 0 aromatic heterocycles. The van der Waals surface area contributed by atoms with E-state index >= 15 is 0 Å². The smallest absolute Gasteiger partial charge is 0.412 e. The number of anilines is 2. The molecule has 0 heterocycles. The Hall–Kier alpha value is -1.91. The zero-order valence-corrected chi connectivity index (χ0v) is 12.1. The van der Waals surface area contributed by atoms with Crippen LogP contribution in [0.15, 0.2) is 18.2 Å². The van der Waals surface area contributed by atoms with E-state index < -0.39 is 11.7 Å². The third-order valence-electron chi connectivity index (χ3n) is 2.02. The summed E-state index contributed by atoms with van der Waals surface area (Å²) in [6.07, 6.45) is -0.494. The molecule has 5 heteroatoms. The van der Waals surface area contributed by atoms with Crippen molar-refractivity contribution in [3.63, 3.8) is 0 Å². The summed E-state index contributed by atoms with van der Waals surface area (Å²) in [6.45, 7) is 9.25. The van der Waals surface area contributed by atoms with Crippen LogP contribution in [0.3, 0.4) is 0 Å². The minimum atomic E-state index is -0.533. The first kappa shape index (κ1) is 15.1. The van der Waals surface area contributed by atoms with Crippen LogP contribution in [-0.2, 0) is 4.74 Å². The average Bonchev–Trinajstić information content (AvgIpc) is 2.19. The summed E-state index contributed by atoms with van der Waals surface area (Å²) < 4.78 is 10.7. The molecule has 1 amide bonds. The van der Waals surface area contributed by atoms with Crippen molar-refractivity contribution in [2.24, 2.45) is 0 Å². The van der Waals surface area contributed by atoms with E-state index in [1.165, 1.54) is 0 Å². The van der Waals surface area contributed by atoms with Crippen molar-refractivity contribution in [2.75, 3.05) is 11.1 Å². The molecule has 0 saturated carbocycles. The van der Waals surface area contributed by atoms with Crippen molar-refractivity contribution in [1.29, 1.82) is 0 Å². The van der Waals surface area contributed by atoms with Crippen LogP contribution in [0.5, 0.6) is 5.75 Å². The van der Waals surface area contributed by atoms with Crippen molar-refractivity contribution < 1.29 is 14.3 Å². The van der Waals surface area contributed by atoms with Crippen molar-refractivity contribution in [3.8, 4) is 5.75 Å². The SMILES string of the molecule is CC(C)Oc1cc(NC(=O)OC(C)(C)C)ccc1N. The summed E-state index contributed by atoms with van der Waals surface area (Å²) in [4.78, 5) is 11.6. The van der Waals surface area contributed by atoms with Gasteiger partial charge in [-0.1, -0.05) is 0 Å². The van der Waals surface area contributed by atoms with Crippen molar-refractivity contribution in [2.45, 2.75) is 46.3 Å². The molecule has 0 aliphatic heterocycles. The Balaban J connectivity index is 2.77. The molecule has 0 aliphatic carbocycles. The fourth-order valence-electron chi connectivity index (χ4n) is 1.39. The molecule has 0 bridgehead atoms. The molecule has 0 aliphatic rings. The maximum absolute atomic E-state index is 11.6. The van der Waals surface area contributed by atoms with E-state index in [-0.39, 0.29) is 6.10 Å². The van der Waals surface area contributed by atoms with Gasteiger partial charge in [0, 0.05) is 11.8 Å². The second-order valence-corrected chi connectivity index (χ2v) is 5.55. The Morgan fingerprint density at radius 1 is 1.32 bits per heavy atom. The molecule has 0 atom stereocenters. The molecule has 0 saturated heterocycles. The van der Waals surface area contributed by atoms with E-state index in [1.807, 2.05) is 34.6 Å². The molecule has 1 aromatic carbocycles. The Morgan fingerprint density at radius 3 is 2.47 bits per heavy atom. The highest BCUT2D eigenvalue weighted by atomic mass is 16.6. The molecule has 106 valence electrons. The number of carbonyl (C=O) groups is 1. The van der Waals surface area contributed by atoms with Gasteiger partial charge in [-0.05, 0) is 46.8 Å². The van der Waals surface area contributed by atoms with Crippen LogP contribution in [-0.4, -0.2) is 17.8 Å². The highest BCUT2D eigenvalue weighted by molar-refractivity contribution is 5.85. The first-order valence-electron chi connectivity index (χ1n) is 6.23. The van der Waals surface area contributed by atoms with Crippen LogP contribution in [0.4, 0.5) is 16.2 Å². The van der Waals surface area contributed by atoms with Crippen molar-refractivity contribution in [1.82, 2.24) is 0 Å². The summed E-state index contributed by atoms with van der Waals surface area (Å²) in [5.41, 5.74) is 6.38. The van der Waals surface area contributed by atoms with E-state index in [2.05, 4.69) is 5.32 Å². The van der Waals surface area contributed by atoms with Gasteiger partial charge in [-0.2, -0.15) is 0 Å². The van der Waals surface area contributed by atoms with Crippen LogP contribution in [0, 0.1) is 0 Å². The first-order chi connectivity index (χ1) is 8.67. The lowest BCUT2D eigenvalue weighted by molar-refractivity contribution is 0.0636. The maximum atomic E-state index is 11.6. The van der Waals surface area contributed by atoms with Crippen LogP contribution in [0.25, 0.3) is 0 Å². The molecular formula is C14H22N2O3. The lowest BCUT2D eigenvalue weighted by atomic mass is 10.2. The fraction of sp³-hybridized carbons (Fsp3) is 0.500. The van der Waals surface area contributed by atoms with E-state index in [9.17, 15) is 4.79 Å². The quantitative estimate of drug-likeness (QED) is 0.822. The first-order valence-corrected chi connectivity index (χ1v) is 6.23. The van der Waals surface area contributed by atoms with E-state index in [4.69, 9.17) is 15.2 Å². The number of rotatable bonds is 3. The number of hydrogen-bond acceptors (Lipinski definition) is 4. The van der Waals surface area contributed by atoms with Gasteiger partial charge >= 0.3 is 6.09 Å². The average molecular weight is 266 g/mol. The van der Waals surface area contributed by atoms with Gasteiger partial charge in [0.15, 0.2) is 0 Å². The summed E-state index contributed by atoms with van der Waals surface area (Å²) >= 11 is 0. The lowest BCUT2D eigenvalue weighted by Gasteiger charge is -2.20. The number of nitrogens with one attached hydrogen (secondary N) is 1.